The molecule has 69 heavy (non-hydrogen) atoms. The van der Waals surface area contributed by atoms with Crippen molar-refractivity contribution in [2.24, 2.45) is 5.92 Å². The molecule has 1 unspecified atom stereocenters. The van der Waals surface area contributed by atoms with E-state index in [1.165, 1.54) is 23.1 Å². The van der Waals surface area contributed by atoms with Gasteiger partial charge in [-0.2, -0.15) is 29.8 Å². The molecule has 6 aliphatic heterocycles. The van der Waals surface area contributed by atoms with Gasteiger partial charge in [-0.1, -0.05) is 6.42 Å². The monoisotopic (exact) mass is 1010 g/mol. The van der Waals surface area contributed by atoms with Crippen LogP contribution >= 0.6 is 0 Å². The maximum Gasteiger partial charge on any atom is 0.334 e. The first-order chi connectivity index (χ1) is 32.3. The molecule has 22 heteroatoms. The van der Waals surface area contributed by atoms with Crippen molar-refractivity contribution >= 4 is 71.1 Å². The lowest BCUT2D eigenvalue weighted by atomic mass is 9.69. The highest BCUT2D eigenvalue weighted by atomic mass is 32.2. The van der Waals surface area contributed by atoms with Gasteiger partial charge in [-0.3, -0.25) is 28.0 Å². The highest BCUT2D eigenvalue weighted by Gasteiger charge is 2.54. The lowest BCUT2D eigenvalue weighted by molar-refractivity contribution is -0.444. The van der Waals surface area contributed by atoms with E-state index in [-0.39, 0.29) is 66.7 Å². The molecule has 1 saturated heterocycles. The molecule has 7 aliphatic rings. The van der Waals surface area contributed by atoms with Gasteiger partial charge in [-0.05, 0) is 112 Å². The molecule has 2 aromatic rings. The molecule has 2 aromatic carbocycles. The van der Waals surface area contributed by atoms with E-state index in [0.29, 0.717) is 42.9 Å². The van der Waals surface area contributed by atoms with E-state index < -0.39 is 77.0 Å². The van der Waals surface area contributed by atoms with Gasteiger partial charge in [0.1, 0.15) is 6.54 Å². The Balaban J connectivity index is 0.999. The first-order valence-electron chi connectivity index (χ1n) is 23.1. The number of anilines is 1. The molecule has 0 saturated carbocycles. The molecular weight excluding hydrogens is 957 g/mol. The SMILES string of the molecule is CC1(C)C2=[N+](CC[C@H]3C[C@H]4O[C@H]5CCN6C(=C5C=C4C=C23)C(C)(CCCCC(=O)N(CCCS(=O)(=O)O)CCC(=O)ON2C(=O)CCC2=O)c2cc(S(=O)(=O)O)ccc26)c2ccc(S(=O)(=O)O)cc21. The number of nitrogens with zero attached hydrogens (tertiary/aromatic N) is 4. The van der Waals surface area contributed by atoms with Gasteiger partial charge in [0.25, 0.3) is 42.2 Å². The lowest BCUT2D eigenvalue weighted by Crippen LogP contribution is -2.45. The zero-order valence-corrected chi connectivity index (χ0v) is 40.9. The van der Waals surface area contributed by atoms with Crippen molar-refractivity contribution in [2.45, 2.75) is 124 Å². The van der Waals surface area contributed by atoms with Crippen molar-refractivity contribution in [3.05, 3.63) is 82.1 Å². The molecule has 3 amide bonds. The summed E-state index contributed by atoms with van der Waals surface area (Å²) >= 11 is 0. The van der Waals surface area contributed by atoms with E-state index in [2.05, 4.69) is 35.5 Å². The second kappa shape index (κ2) is 17.6. The summed E-state index contributed by atoms with van der Waals surface area (Å²) in [6.45, 7) is 7.12. The number of amides is 3. The van der Waals surface area contributed by atoms with Crippen LogP contribution in [0.1, 0.15) is 103 Å². The van der Waals surface area contributed by atoms with Crippen LogP contribution in [0.2, 0.25) is 0 Å². The molecule has 0 spiro atoms. The highest BCUT2D eigenvalue weighted by Crippen LogP contribution is 2.56. The van der Waals surface area contributed by atoms with Crippen LogP contribution in [0, 0.1) is 5.92 Å². The number of carbonyl (C=O) groups is 4. The first-order valence-corrected chi connectivity index (χ1v) is 27.6. The Kier molecular flexibility index (Phi) is 12.5. The third-order valence-corrected chi connectivity index (χ3v) is 17.3. The largest absolute Gasteiger partial charge is 0.365 e. The smallest absolute Gasteiger partial charge is 0.334 e. The van der Waals surface area contributed by atoms with Crippen LogP contribution in [0.25, 0.3) is 0 Å². The van der Waals surface area contributed by atoms with Crippen molar-refractivity contribution in [3.8, 4) is 0 Å². The number of hydroxylamine groups is 2. The zero-order valence-electron chi connectivity index (χ0n) is 38.4. The van der Waals surface area contributed by atoms with Crippen molar-refractivity contribution in [2.75, 3.05) is 36.8 Å². The number of carbonyl (C=O) groups excluding carboxylic acids is 4. The number of rotatable bonds is 15. The quantitative estimate of drug-likeness (QED) is 0.0945. The van der Waals surface area contributed by atoms with Crippen LogP contribution in [0.4, 0.5) is 11.4 Å². The summed E-state index contributed by atoms with van der Waals surface area (Å²) in [7, 11) is -13.4. The number of unbranched alkanes of at least 4 members (excludes halogenated alkanes) is 1. The summed E-state index contributed by atoms with van der Waals surface area (Å²) in [6.07, 6.45) is 6.65. The van der Waals surface area contributed by atoms with Gasteiger partial charge in [0.05, 0.1) is 39.6 Å². The van der Waals surface area contributed by atoms with Crippen LogP contribution in [-0.4, -0.2) is 127 Å². The minimum absolute atomic E-state index is 0.0208. The van der Waals surface area contributed by atoms with Gasteiger partial charge >= 0.3 is 5.97 Å². The minimum Gasteiger partial charge on any atom is -0.365 e. The van der Waals surface area contributed by atoms with Gasteiger partial charge in [-0.25, -0.2) is 4.79 Å². The van der Waals surface area contributed by atoms with E-state index >= 15 is 0 Å². The molecule has 0 radical (unpaired) electrons. The first kappa shape index (κ1) is 48.9. The van der Waals surface area contributed by atoms with E-state index in [0.717, 1.165) is 64.5 Å². The second-order valence-electron chi connectivity index (χ2n) is 19.6. The third-order valence-electron chi connectivity index (χ3n) is 14.8. The van der Waals surface area contributed by atoms with Crippen molar-refractivity contribution in [3.63, 3.8) is 0 Å². The van der Waals surface area contributed by atoms with Crippen LogP contribution < -0.4 is 4.90 Å². The van der Waals surface area contributed by atoms with Crippen LogP contribution in [0.3, 0.4) is 0 Å². The third kappa shape index (κ3) is 9.12. The molecule has 0 bridgehead atoms. The summed E-state index contributed by atoms with van der Waals surface area (Å²) in [4.78, 5) is 58.3. The topological polar surface area (TPSA) is 263 Å². The number of ether oxygens (including phenoxy) is 1. The molecular formula is C47H55N4O15S3+. The summed E-state index contributed by atoms with van der Waals surface area (Å²) in [5.41, 5.74) is 6.78. The predicted octanol–water partition coefficient (Wildman–Crippen LogP) is 4.70. The van der Waals surface area contributed by atoms with E-state index in [9.17, 15) is 58.1 Å². The average molecular weight is 1010 g/mol. The van der Waals surface area contributed by atoms with Gasteiger partial charge in [-0.15, -0.1) is 5.06 Å². The fraction of sp³-hybridized carbons (Fsp3) is 0.511. The summed E-state index contributed by atoms with van der Waals surface area (Å²) in [5, 5.41) is 0.405. The predicted molar refractivity (Wildman–Crippen MR) is 247 cm³/mol. The number of imide groups is 1. The zero-order chi connectivity index (χ0) is 49.6. The van der Waals surface area contributed by atoms with Gasteiger partial charge in [0, 0.05) is 84.9 Å². The Morgan fingerprint density at radius 1 is 0.841 bits per heavy atom. The van der Waals surface area contributed by atoms with Crippen molar-refractivity contribution < 1.29 is 72.2 Å². The number of allylic oxidation sites excluding steroid dienone is 2. The van der Waals surface area contributed by atoms with Gasteiger partial charge in [0.2, 0.25) is 11.6 Å². The number of fused-ring (bicyclic) bond motifs is 9. The van der Waals surface area contributed by atoms with Crippen LogP contribution in [-0.2, 0) is 69.9 Å². The van der Waals surface area contributed by atoms with Crippen LogP contribution in [0.15, 0.2) is 80.8 Å². The fourth-order valence-electron chi connectivity index (χ4n) is 11.6. The highest BCUT2D eigenvalue weighted by molar-refractivity contribution is 7.86. The Hall–Kier alpha value is -5.10. The maximum atomic E-state index is 13.7. The molecule has 1 fully saturated rings. The average Bonchev–Trinajstić information content (AvgIpc) is 3.82. The Morgan fingerprint density at radius 3 is 2.20 bits per heavy atom. The molecule has 0 aromatic heterocycles. The maximum absolute atomic E-state index is 13.7. The number of hydrogen-bond donors (Lipinski definition) is 3. The van der Waals surface area contributed by atoms with Gasteiger partial charge < -0.3 is 19.4 Å². The Bertz CT molecular complexity index is 3050. The number of hydrogen-bond acceptors (Lipinski definition) is 13. The molecule has 9 rings (SSSR count). The Morgan fingerprint density at radius 2 is 1.52 bits per heavy atom. The molecule has 370 valence electrons. The lowest BCUT2D eigenvalue weighted by Gasteiger charge is -2.44. The number of benzene rings is 2. The van der Waals surface area contributed by atoms with E-state index in [4.69, 9.17) is 9.57 Å². The molecule has 19 nitrogen and oxygen atoms in total. The van der Waals surface area contributed by atoms with Crippen molar-refractivity contribution in [1.29, 1.82) is 0 Å². The normalized spacial score (nSPS) is 24.7. The summed E-state index contributed by atoms with van der Waals surface area (Å²) in [6, 6.07) is 9.33. The molecule has 4 atom stereocenters. The van der Waals surface area contributed by atoms with E-state index in [1.54, 1.807) is 18.2 Å². The standard InChI is InChI=1S/C47H54N4O15S3/c1-46(2)34-26-30(68(59,60)61)8-10-36(34)49-20-14-28-25-39-29(23-32(28)44(46)49)24-33-38(65-39)15-21-50-37-11-9-31(69(62,63)64)27-35(37)47(3,45(33)50)17-5-4-7-40(52)48(18-6-22-67(56,57)58)19-16-43(55)66-51-41(53)12-13-42(51)54/h8-11,23-24,26-28,38-39H,4-7,12-22,25H2,1-3H3,(H2-,56,57,58,59,60,61,62,63,64)/p+1/t28-,38-,39+,47?/m0/s1. The van der Waals surface area contributed by atoms with E-state index in [1.807, 2.05) is 6.92 Å². The molecule has 3 N–H and O–H groups in total. The van der Waals surface area contributed by atoms with Crippen LogP contribution in [0.5, 0.6) is 0 Å². The second-order valence-corrected chi connectivity index (χ2v) is 24.0. The minimum atomic E-state index is -4.59. The fourth-order valence-corrected chi connectivity index (χ4v) is 13.1. The van der Waals surface area contributed by atoms with Gasteiger partial charge in [0.15, 0.2) is 5.71 Å². The summed E-state index contributed by atoms with van der Waals surface area (Å²) < 4.78 is 111. The van der Waals surface area contributed by atoms with Crippen molar-refractivity contribution in [1.82, 2.24) is 9.96 Å². The summed E-state index contributed by atoms with van der Waals surface area (Å²) in [5.74, 6) is -3.11. The Labute approximate surface area is 400 Å². The molecule has 1 aliphatic carbocycles. The molecule has 6 heterocycles.